The Morgan fingerprint density at radius 2 is 1.90 bits per heavy atom. The minimum atomic E-state index is -0.467. The van der Waals surface area contributed by atoms with Crippen LogP contribution in [0.2, 0.25) is 5.02 Å². The van der Waals surface area contributed by atoms with Gasteiger partial charge in [0.15, 0.2) is 11.6 Å². The van der Waals surface area contributed by atoms with Crippen LogP contribution in [0, 0.1) is 5.82 Å². The van der Waals surface area contributed by atoms with Crippen molar-refractivity contribution < 1.29 is 8.91 Å². The van der Waals surface area contributed by atoms with Crippen LogP contribution in [0.4, 0.5) is 10.3 Å². The van der Waals surface area contributed by atoms with E-state index in [1.807, 2.05) is 12.1 Å². The van der Waals surface area contributed by atoms with Crippen LogP contribution in [0.1, 0.15) is 18.7 Å². The van der Waals surface area contributed by atoms with Crippen LogP contribution in [0.25, 0.3) is 22.8 Å². The molecule has 0 spiro atoms. The summed E-state index contributed by atoms with van der Waals surface area (Å²) in [6.45, 7) is 1.98. The maximum Gasteiger partial charge on any atom is 0.261 e. The lowest BCUT2D eigenvalue weighted by Gasteiger charge is -2.19. The average Bonchev–Trinajstić information content (AvgIpc) is 3.35. The van der Waals surface area contributed by atoms with Gasteiger partial charge in [-0.2, -0.15) is 4.98 Å². The van der Waals surface area contributed by atoms with Crippen molar-refractivity contribution >= 4 is 17.5 Å². The summed E-state index contributed by atoms with van der Waals surface area (Å²) in [5.41, 5.74) is 1.14. The predicted octanol–water partition coefficient (Wildman–Crippen LogP) is 3.98. The summed E-state index contributed by atoms with van der Waals surface area (Å²) in [5.74, 6) is 1.62. The van der Waals surface area contributed by atoms with Crippen LogP contribution in [-0.4, -0.2) is 36.4 Å². The Labute approximate surface area is 176 Å². The highest BCUT2D eigenvalue weighted by atomic mass is 35.5. The monoisotopic (exact) mass is 425 g/mol. The summed E-state index contributed by atoms with van der Waals surface area (Å²) >= 11 is 5.97. The molecule has 8 nitrogen and oxygen atoms in total. The van der Waals surface area contributed by atoms with Crippen LogP contribution in [-0.2, 0) is 13.1 Å². The number of benzene rings is 1. The summed E-state index contributed by atoms with van der Waals surface area (Å²) in [5, 5.41) is 13.2. The highest BCUT2D eigenvalue weighted by Crippen LogP contribution is 2.28. The van der Waals surface area contributed by atoms with Crippen molar-refractivity contribution in [3.8, 4) is 22.8 Å². The summed E-state index contributed by atoms with van der Waals surface area (Å²) in [7, 11) is 0. The highest BCUT2D eigenvalue weighted by molar-refractivity contribution is 6.30. The molecule has 10 heteroatoms. The largest absolute Gasteiger partial charge is 0.334 e. The first-order chi connectivity index (χ1) is 14.7. The maximum absolute atomic E-state index is 14.1. The lowest BCUT2D eigenvalue weighted by molar-refractivity contribution is 0.419. The zero-order valence-corrected chi connectivity index (χ0v) is 16.6. The molecule has 0 amide bonds. The van der Waals surface area contributed by atoms with Crippen molar-refractivity contribution in [3.05, 3.63) is 59.4 Å². The van der Waals surface area contributed by atoms with Crippen molar-refractivity contribution in [1.82, 2.24) is 29.9 Å². The fourth-order valence-corrected chi connectivity index (χ4v) is 3.70. The number of anilines is 1. The molecule has 0 saturated carbocycles. The van der Waals surface area contributed by atoms with Crippen molar-refractivity contribution in [2.75, 3.05) is 11.4 Å². The van der Waals surface area contributed by atoms with Crippen LogP contribution in [0.15, 0.2) is 47.2 Å². The van der Waals surface area contributed by atoms with E-state index in [0.717, 1.165) is 43.3 Å². The van der Waals surface area contributed by atoms with Gasteiger partial charge in [0.05, 0.1) is 12.1 Å². The molecule has 1 aromatic carbocycles. The highest BCUT2D eigenvalue weighted by Gasteiger charge is 2.24. The third-order valence-corrected chi connectivity index (χ3v) is 5.21. The molecule has 0 saturated heterocycles. The fraction of sp³-hybridized carbons (Fsp3) is 0.250. The fourth-order valence-electron chi connectivity index (χ4n) is 3.53. The van der Waals surface area contributed by atoms with Gasteiger partial charge in [0, 0.05) is 36.1 Å². The molecule has 0 unspecified atom stereocenters. The molecule has 4 aromatic rings. The molecule has 0 fully saturated rings. The normalized spacial score (nSPS) is 13.9. The van der Waals surface area contributed by atoms with E-state index in [2.05, 4.69) is 34.8 Å². The average molecular weight is 426 g/mol. The van der Waals surface area contributed by atoms with Crippen LogP contribution >= 0.6 is 11.6 Å². The van der Waals surface area contributed by atoms with E-state index in [9.17, 15) is 4.39 Å². The first kappa shape index (κ1) is 18.7. The van der Waals surface area contributed by atoms with Gasteiger partial charge in [0.1, 0.15) is 5.82 Å². The molecule has 1 aliphatic rings. The smallest absolute Gasteiger partial charge is 0.261 e. The maximum atomic E-state index is 14.1. The quantitative estimate of drug-likeness (QED) is 0.488. The molecule has 0 aliphatic carbocycles. The van der Waals surface area contributed by atoms with E-state index >= 15 is 0 Å². The lowest BCUT2D eigenvalue weighted by Crippen LogP contribution is -2.25. The van der Waals surface area contributed by atoms with Gasteiger partial charge in [0.25, 0.3) is 5.89 Å². The Hall–Kier alpha value is -3.33. The molecular weight excluding hydrogens is 409 g/mol. The second-order valence-electron chi connectivity index (χ2n) is 6.98. The topological polar surface area (TPSA) is 85.8 Å². The molecule has 1 aliphatic heterocycles. The minimum absolute atomic E-state index is 0.0961. The van der Waals surface area contributed by atoms with Gasteiger partial charge in [0.2, 0.25) is 5.95 Å². The second kappa shape index (κ2) is 7.83. The van der Waals surface area contributed by atoms with Crippen molar-refractivity contribution in [3.63, 3.8) is 0 Å². The van der Waals surface area contributed by atoms with E-state index in [-0.39, 0.29) is 11.5 Å². The molecule has 0 atom stereocenters. The number of nitrogens with zero attached hydrogens (tertiary/aromatic N) is 7. The van der Waals surface area contributed by atoms with E-state index in [1.165, 1.54) is 18.2 Å². The van der Waals surface area contributed by atoms with E-state index < -0.39 is 5.82 Å². The van der Waals surface area contributed by atoms with Gasteiger partial charge in [-0.05, 0) is 43.2 Å². The predicted molar refractivity (Wildman–Crippen MR) is 108 cm³/mol. The van der Waals surface area contributed by atoms with Crippen LogP contribution in [0.5, 0.6) is 0 Å². The van der Waals surface area contributed by atoms with Gasteiger partial charge in [-0.25, -0.2) is 4.39 Å². The molecule has 30 heavy (non-hydrogen) atoms. The molecule has 5 rings (SSSR count). The molecule has 0 bridgehead atoms. The molecule has 0 N–H and O–H groups in total. The van der Waals surface area contributed by atoms with Crippen molar-refractivity contribution in [2.24, 2.45) is 0 Å². The first-order valence-corrected chi connectivity index (χ1v) is 9.93. The molecule has 3 aromatic heterocycles. The van der Waals surface area contributed by atoms with Gasteiger partial charge < -0.3 is 9.42 Å². The molecular formula is C20H17ClFN7O. The Balaban J connectivity index is 1.44. The Bertz CT molecular complexity index is 1180. The van der Waals surface area contributed by atoms with Crippen molar-refractivity contribution in [2.45, 2.75) is 25.9 Å². The summed E-state index contributed by atoms with van der Waals surface area (Å²) in [6.07, 6.45) is 5.47. The van der Waals surface area contributed by atoms with Crippen molar-refractivity contribution in [1.29, 1.82) is 0 Å². The van der Waals surface area contributed by atoms with Gasteiger partial charge in [-0.3, -0.25) is 9.55 Å². The second-order valence-corrected chi connectivity index (χ2v) is 7.42. The Morgan fingerprint density at radius 1 is 1.07 bits per heavy atom. The third-order valence-electron chi connectivity index (χ3n) is 4.97. The summed E-state index contributed by atoms with van der Waals surface area (Å²) in [4.78, 5) is 10.5. The molecule has 0 radical (unpaired) electrons. The molecule has 4 heterocycles. The number of halogens is 2. The summed E-state index contributed by atoms with van der Waals surface area (Å²) < 4.78 is 21.5. The van der Waals surface area contributed by atoms with Gasteiger partial charge in [-0.15, -0.1) is 10.2 Å². The number of fused-ring (bicyclic) bond motifs is 1. The third kappa shape index (κ3) is 3.52. The Morgan fingerprint density at radius 3 is 2.77 bits per heavy atom. The zero-order valence-electron chi connectivity index (χ0n) is 15.9. The van der Waals surface area contributed by atoms with Crippen LogP contribution in [0.3, 0.4) is 0 Å². The molecule has 152 valence electrons. The number of aromatic nitrogens is 6. The number of hydrogen-bond donors (Lipinski definition) is 0. The standard InChI is InChI=1S/C20H17ClFN7O/c21-14-3-4-16(22)15(11-14)19-24-17(27-30-19)12-28-9-1-2-10-29-18(25-26-20(28)29)13-5-7-23-8-6-13/h3-8,11H,1-2,9-10,12H2. The van der Waals surface area contributed by atoms with Gasteiger partial charge in [-0.1, -0.05) is 16.8 Å². The first-order valence-electron chi connectivity index (χ1n) is 9.55. The summed E-state index contributed by atoms with van der Waals surface area (Å²) in [6, 6.07) is 8.05. The minimum Gasteiger partial charge on any atom is -0.334 e. The van der Waals surface area contributed by atoms with Gasteiger partial charge >= 0.3 is 0 Å². The van der Waals surface area contributed by atoms with E-state index in [4.69, 9.17) is 16.1 Å². The Kier molecular flexibility index (Phi) is 4.88. The number of rotatable bonds is 4. The number of hydrogen-bond acceptors (Lipinski definition) is 7. The number of pyridine rings is 1. The zero-order chi connectivity index (χ0) is 20.5. The lowest BCUT2D eigenvalue weighted by atomic mass is 10.2. The van der Waals surface area contributed by atoms with Crippen LogP contribution < -0.4 is 4.90 Å². The SMILES string of the molecule is Fc1ccc(Cl)cc1-c1nc(CN2CCCCn3c(-c4ccncc4)nnc32)no1. The van der Waals surface area contributed by atoms with E-state index in [0.29, 0.717) is 17.4 Å². The van der Waals surface area contributed by atoms with E-state index in [1.54, 1.807) is 12.4 Å².